The van der Waals surface area contributed by atoms with Crippen molar-refractivity contribution >= 4 is 32.9 Å². The van der Waals surface area contributed by atoms with E-state index < -0.39 is 33.9 Å². The van der Waals surface area contributed by atoms with Crippen LogP contribution in [0.15, 0.2) is 53.4 Å². The molecule has 0 aliphatic heterocycles. The van der Waals surface area contributed by atoms with Gasteiger partial charge in [0.2, 0.25) is 10.0 Å². The number of aliphatic hydroxyl groups is 1. The molecule has 188 valence electrons. The molecule has 0 saturated heterocycles. The second-order valence-electron chi connectivity index (χ2n) is 8.27. The SMILES string of the molecule is CC(O)C(=O)O.O=C(O)CCn1c2c(c3ccccc31)C[C@H](NS(=O)(=O)c1ccc(F)cc1)CC2. The van der Waals surface area contributed by atoms with E-state index in [-0.39, 0.29) is 17.4 Å². The second-order valence-corrected chi connectivity index (χ2v) is 9.98. The van der Waals surface area contributed by atoms with Crippen LogP contribution in [0, 0.1) is 5.82 Å². The Balaban J connectivity index is 0.000000509. The third kappa shape index (κ3) is 6.44. The Bertz CT molecular complexity index is 1320. The molecule has 4 rings (SSSR count). The number of aryl methyl sites for hydroxylation is 1. The van der Waals surface area contributed by atoms with E-state index in [4.69, 9.17) is 15.3 Å². The maximum atomic E-state index is 13.1. The molecule has 9 nitrogen and oxygen atoms in total. The summed E-state index contributed by atoms with van der Waals surface area (Å²) in [6.07, 6.45) is 0.587. The fourth-order valence-corrected chi connectivity index (χ4v) is 5.34. The van der Waals surface area contributed by atoms with Crippen LogP contribution in [0.1, 0.15) is 31.0 Å². The van der Waals surface area contributed by atoms with Gasteiger partial charge >= 0.3 is 11.9 Å². The van der Waals surface area contributed by atoms with Gasteiger partial charge in [-0.1, -0.05) is 18.2 Å². The first-order chi connectivity index (χ1) is 16.5. The largest absolute Gasteiger partial charge is 0.481 e. The number of aromatic nitrogens is 1. The molecule has 0 radical (unpaired) electrons. The van der Waals surface area contributed by atoms with Gasteiger partial charge in [-0.15, -0.1) is 0 Å². The Kier molecular flexibility index (Phi) is 8.26. The summed E-state index contributed by atoms with van der Waals surface area (Å²) in [7, 11) is -3.75. The summed E-state index contributed by atoms with van der Waals surface area (Å²) in [4.78, 5) is 20.5. The molecule has 1 aliphatic rings. The van der Waals surface area contributed by atoms with Crippen LogP contribution in [0.4, 0.5) is 4.39 Å². The van der Waals surface area contributed by atoms with Crippen LogP contribution in [0.3, 0.4) is 0 Å². The topological polar surface area (TPSA) is 146 Å². The minimum atomic E-state index is -3.75. The second kappa shape index (κ2) is 11.0. The van der Waals surface area contributed by atoms with Crippen LogP contribution < -0.4 is 4.72 Å². The highest BCUT2D eigenvalue weighted by Gasteiger charge is 2.28. The number of benzene rings is 2. The first-order valence-corrected chi connectivity index (χ1v) is 12.5. The van der Waals surface area contributed by atoms with Crippen LogP contribution in [0.25, 0.3) is 10.9 Å². The molecular weight excluding hydrogens is 479 g/mol. The number of hydrogen-bond donors (Lipinski definition) is 4. The Morgan fingerprint density at radius 1 is 1.14 bits per heavy atom. The van der Waals surface area contributed by atoms with Gasteiger partial charge in [-0.05, 0) is 62.1 Å². The van der Waals surface area contributed by atoms with Gasteiger partial charge < -0.3 is 19.9 Å². The van der Waals surface area contributed by atoms with Crippen LogP contribution in [0.2, 0.25) is 0 Å². The summed E-state index contributed by atoms with van der Waals surface area (Å²) in [5, 5.41) is 25.9. The third-order valence-corrected chi connectivity index (χ3v) is 7.26. The lowest BCUT2D eigenvalue weighted by atomic mass is 9.92. The average Bonchev–Trinajstić information content (AvgIpc) is 3.11. The predicted molar refractivity (Wildman–Crippen MR) is 126 cm³/mol. The zero-order valence-electron chi connectivity index (χ0n) is 19.0. The first kappa shape index (κ1) is 26.3. The van der Waals surface area contributed by atoms with E-state index in [0.29, 0.717) is 25.8 Å². The minimum Gasteiger partial charge on any atom is -0.481 e. The number of nitrogens with one attached hydrogen (secondary N) is 1. The molecule has 1 unspecified atom stereocenters. The van der Waals surface area contributed by atoms with Gasteiger partial charge in [0.25, 0.3) is 0 Å². The van der Waals surface area contributed by atoms with Gasteiger partial charge in [0.15, 0.2) is 0 Å². The standard InChI is InChI=1S/C21H21FN2O4S.C3H6O3/c22-14-5-8-16(9-6-14)29(27,28)23-15-7-10-20-18(13-15)17-3-1-2-4-19(17)24(20)12-11-21(25)26;1-2(4)3(5)6/h1-6,8-9,15,23H,7,10-13H2,(H,25,26);2,4H,1H3,(H,5,6)/t15-;/m1./s1. The van der Waals surface area contributed by atoms with E-state index in [2.05, 4.69) is 4.72 Å². The van der Waals surface area contributed by atoms with E-state index in [0.717, 1.165) is 34.3 Å². The summed E-state index contributed by atoms with van der Waals surface area (Å²) < 4.78 is 43.2. The first-order valence-electron chi connectivity index (χ1n) is 11.0. The van der Waals surface area contributed by atoms with Gasteiger partial charge in [0, 0.05) is 29.2 Å². The molecule has 2 atom stereocenters. The van der Waals surface area contributed by atoms with Gasteiger partial charge in [0.05, 0.1) is 11.3 Å². The molecule has 0 saturated carbocycles. The van der Waals surface area contributed by atoms with Crippen molar-refractivity contribution in [3.05, 3.63) is 65.6 Å². The van der Waals surface area contributed by atoms with Gasteiger partial charge in [0.1, 0.15) is 11.9 Å². The molecule has 0 bridgehead atoms. The lowest BCUT2D eigenvalue weighted by molar-refractivity contribution is -0.145. The van der Waals surface area contributed by atoms with Gasteiger partial charge in [-0.2, -0.15) is 0 Å². The zero-order chi connectivity index (χ0) is 25.8. The number of rotatable bonds is 7. The average molecular weight is 507 g/mol. The van der Waals surface area contributed by atoms with E-state index in [1.807, 2.05) is 28.8 Å². The van der Waals surface area contributed by atoms with E-state index in [9.17, 15) is 22.4 Å². The number of carboxylic acid groups (broad SMARTS) is 2. The van der Waals surface area contributed by atoms with E-state index >= 15 is 0 Å². The van der Waals surface area contributed by atoms with Crippen molar-refractivity contribution in [3.8, 4) is 0 Å². The highest BCUT2D eigenvalue weighted by atomic mass is 32.2. The number of fused-ring (bicyclic) bond motifs is 3. The molecule has 1 heterocycles. The zero-order valence-corrected chi connectivity index (χ0v) is 19.8. The molecule has 4 N–H and O–H groups in total. The van der Waals surface area contributed by atoms with Crippen molar-refractivity contribution in [3.63, 3.8) is 0 Å². The van der Waals surface area contributed by atoms with Crippen molar-refractivity contribution < 1.29 is 37.7 Å². The number of para-hydroxylation sites is 1. The molecule has 0 amide bonds. The predicted octanol–water partition coefficient (Wildman–Crippen LogP) is 2.54. The Labute approximate surface area is 201 Å². The third-order valence-electron chi connectivity index (χ3n) is 5.73. The molecule has 0 spiro atoms. The molecule has 1 aliphatic carbocycles. The number of carboxylic acids is 2. The van der Waals surface area contributed by atoms with E-state index in [1.54, 1.807) is 0 Å². The summed E-state index contributed by atoms with van der Waals surface area (Å²) in [6.45, 7) is 1.58. The maximum Gasteiger partial charge on any atom is 0.332 e. The van der Waals surface area contributed by atoms with Crippen molar-refractivity contribution in [1.82, 2.24) is 9.29 Å². The highest BCUT2D eigenvalue weighted by Crippen LogP contribution is 2.33. The quantitative estimate of drug-likeness (QED) is 0.385. The number of aliphatic carboxylic acids is 2. The normalized spacial score (nSPS) is 16.1. The lowest BCUT2D eigenvalue weighted by Gasteiger charge is -2.25. The van der Waals surface area contributed by atoms with Crippen LogP contribution in [-0.4, -0.2) is 52.4 Å². The Hall–Kier alpha value is -3.28. The minimum absolute atomic E-state index is 0.0335. The van der Waals surface area contributed by atoms with Crippen molar-refractivity contribution in [2.24, 2.45) is 0 Å². The Morgan fingerprint density at radius 3 is 2.37 bits per heavy atom. The molecule has 1 aromatic heterocycles. The number of aliphatic hydroxyl groups excluding tert-OH is 1. The summed E-state index contributed by atoms with van der Waals surface area (Å²) in [6, 6.07) is 12.3. The molecule has 0 fully saturated rings. The van der Waals surface area contributed by atoms with Gasteiger partial charge in [-0.25, -0.2) is 22.3 Å². The lowest BCUT2D eigenvalue weighted by Crippen LogP contribution is -2.39. The number of hydrogen-bond acceptors (Lipinski definition) is 5. The summed E-state index contributed by atoms with van der Waals surface area (Å²) in [5.41, 5.74) is 3.11. The van der Waals surface area contributed by atoms with Crippen LogP contribution in [-0.2, 0) is 39.0 Å². The smallest absolute Gasteiger partial charge is 0.332 e. The molecule has 3 aromatic rings. The number of sulfonamides is 1. The van der Waals surface area contributed by atoms with Crippen LogP contribution in [0.5, 0.6) is 0 Å². The fourth-order valence-electron chi connectivity index (χ4n) is 4.07. The van der Waals surface area contributed by atoms with Crippen molar-refractivity contribution in [2.75, 3.05) is 0 Å². The van der Waals surface area contributed by atoms with E-state index in [1.165, 1.54) is 19.1 Å². The molecule has 35 heavy (non-hydrogen) atoms. The number of carbonyl (C=O) groups is 2. The van der Waals surface area contributed by atoms with Crippen molar-refractivity contribution in [2.45, 2.75) is 56.2 Å². The highest BCUT2D eigenvalue weighted by molar-refractivity contribution is 7.89. The fraction of sp³-hybridized carbons (Fsp3) is 0.333. The van der Waals surface area contributed by atoms with Crippen LogP contribution >= 0.6 is 0 Å². The molecular formula is C24H27FN2O7S. The monoisotopic (exact) mass is 506 g/mol. The van der Waals surface area contributed by atoms with Gasteiger partial charge in [-0.3, -0.25) is 4.79 Å². The molecule has 2 aromatic carbocycles. The summed E-state index contributed by atoms with van der Waals surface area (Å²) in [5.74, 6) is -2.52. The Morgan fingerprint density at radius 2 is 1.77 bits per heavy atom. The molecule has 11 heteroatoms. The maximum absolute atomic E-state index is 13.1. The van der Waals surface area contributed by atoms with Crippen molar-refractivity contribution in [1.29, 1.82) is 0 Å². The number of nitrogens with zero attached hydrogens (tertiary/aromatic N) is 1. The summed E-state index contributed by atoms with van der Waals surface area (Å²) >= 11 is 0. The number of halogens is 1.